The maximum Gasteiger partial charge on any atom is 0.335 e. The summed E-state index contributed by atoms with van der Waals surface area (Å²) in [4.78, 5) is 12.5. The number of aromatic carboxylic acids is 1. The van der Waals surface area contributed by atoms with Crippen LogP contribution < -0.4 is 0 Å². The molecule has 162 valence electrons. The lowest BCUT2D eigenvalue weighted by Crippen LogP contribution is -2.04. The van der Waals surface area contributed by atoms with E-state index in [1.807, 2.05) is 54.6 Å². The molecule has 0 radical (unpaired) electrons. The van der Waals surface area contributed by atoms with Crippen molar-refractivity contribution in [2.45, 2.75) is 13.0 Å². The van der Waals surface area contributed by atoms with Gasteiger partial charge in [0.1, 0.15) is 0 Å². The number of aromatic nitrogens is 6. The molecule has 0 unspecified atom stereocenters. The van der Waals surface area contributed by atoms with Crippen molar-refractivity contribution in [3.8, 4) is 22.8 Å². The van der Waals surface area contributed by atoms with Gasteiger partial charge in [-0.15, -0.1) is 20.4 Å². The molecule has 0 aliphatic carbocycles. The minimum atomic E-state index is -0.962. The summed E-state index contributed by atoms with van der Waals surface area (Å²) in [5.41, 5.74) is 3.73. The predicted octanol–water partition coefficient (Wildman–Crippen LogP) is 3.73. The largest absolute Gasteiger partial charge is 0.478 e. The summed E-state index contributed by atoms with van der Waals surface area (Å²) < 4.78 is 5.85. The van der Waals surface area contributed by atoms with Gasteiger partial charge in [-0.05, 0) is 40.6 Å². The van der Waals surface area contributed by atoms with E-state index in [0.29, 0.717) is 30.6 Å². The van der Waals surface area contributed by atoms with E-state index in [1.54, 1.807) is 24.3 Å². The first-order chi connectivity index (χ1) is 16.1. The third-order valence-corrected chi connectivity index (χ3v) is 5.01. The summed E-state index contributed by atoms with van der Waals surface area (Å²) in [6.07, 6.45) is 0.566. The van der Waals surface area contributed by atoms with Gasteiger partial charge in [0.05, 0.1) is 18.5 Å². The molecule has 3 aromatic carbocycles. The third-order valence-electron chi connectivity index (χ3n) is 5.01. The Labute approximate surface area is 188 Å². The summed E-state index contributed by atoms with van der Waals surface area (Å²) in [7, 11) is 0. The molecular weight excluding hydrogens is 420 g/mol. The van der Waals surface area contributed by atoms with Crippen LogP contribution in [0, 0.1) is 0 Å². The quantitative estimate of drug-likeness (QED) is 0.408. The maximum atomic E-state index is 11.0. The zero-order valence-electron chi connectivity index (χ0n) is 17.4. The van der Waals surface area contributed by atoms with Gasteiger partial charge in [0.25, 0.3) is 0 Å². The highest BCUT2D eigenvalue weighted by Crippen LogP contribution is 2.24. The Kier molecular flexibility index (Phi) is 5.42. The number of nitrogens with zero attached hydrogens (tertiary/aromatic N) is 6. The Morgan fingerprint density at radius 3 is 2.42 bits per heavy atom. The van der Waals surface area contributed by atoms with Crippen molar-refractivity contribution in [2.24, 2.45) is 0 Å². The van der Waals surface area contributed by atoms with Crippen molar-refractivity contribution < 1.29 is 14.3 Å². The Balaban J connectivity index is 1.32. The van der Waals surface area contributed by atoms with Crippen molar-refractivity contribution in [3.05, 3.63) is 101 Å². The Bertz CT molecular complexity index is 1390. The van der Waals surface area contributed by atoms with Crippen LogP contribution in [0.15, 0.2) is 83.3 Å². The van der Waals surface area contributed by atoms with E-state index in [1.165, 1.54) is 4.80 Å². The first kappa shape index (κ1) is 20.3. The maximum absolute atomic E-state index is 11.0. The van der Waals surface area contributed by atoms with E-state index < -0.39 is 5.97 Å². The smallest absolute Gasteiger partial charge is 0.335 e. The Morgan fingerprint density at radius 1 is 0.848 bits per heavy atom. The molecule has 9 nitrogen and oxygen atoms in total. The summed E-state index contributed by atoms with van der Waals surface area (Å²) >= 11 is 0. The van der Waals surface area contributed by atoms with Crippen LogP contribution in [0.5, 0.6) is 0 Å². The van der Waals surface area contributed by atoms with Crippen molar-refractivity contribution in [1.29, 1.82) is 0 Å². The summed E-state index contributed by atoms with van der Waals surface area (Å²) in [6.45, 7) is 0.374. The standard InChI is InChI=1S/C24H18N6O3/c31-24(32)18-11-9-17(10-12-18)15-30-28-22(26-29-30)19-7-4-8-20(14-19)23-27-25-21(33-23)13-16-5-2-1-3-6-16/h1-12,14H,13,15H2,(H,31,32). The average Bonchev–Trinajstić information content (AvgIpc) is 3.50. The second kappa shape index (κ2) is 8.83. The highest BCUT2D eigenvalue weighted by Gasteiger charge is 2.13. The molecule has 0 saturated carbocycles. The average molecular weight is 438 g/mol. The fourth-order valence-electron chi connectivity index (χ4n) is 3.35. The number of carboxylic acid groups (broad SMARTS) is 1. The Morgan fingerprint density at radius 2 is 1.64 bits per heavy atom. The van der Waals surface area contributed by atoms with Gasteiger partial charge in [-0.1, -0.05) is 54.6 Å². The molecule has 0 saturated heterocycles. The summed E-state index contributed by atoms with van der Waals surface area (Å²) in [6, 6.07) is 24.0. The lowest BCUT2D eigenvalue weighted by Gasteiger charge is -2.01. The summed E-state index contributed by atoms with van der Waals surface area (Å²) in [5.74, 6) is 0.465. The molecule has 0 fully saturated rings. The Hall–Kier alpha value is -4.66. The number of carbonyl (C=O) groups is 1. The van der Waals surface area contributed by atoms with Gasteiger partial charge in [-0.3, -0.25) is 0 Å². The van der Waals surface area contributed by atoms with Crippen LogP contribution in [-0.2, 0) is 13.0 Å². The molecule has 0 bridgehead atoms. The molecule has 1 N–H and O–H groups in total. The molecule has 5 aromatic rings. The lowest BCUT2D eigenvalue weighted by molar-refractivity contribution is 0.0697. The molecule has 0 atom stereocenters. The molecule has 33 heavy (non-hydrogen) atoms. The zero-order valence-corrected chi connectivity index (χ0v) is 17.4. The van der Waals surface area contributed by atoms with E-state index in [0.717, 1.165) is 22.3 Å². The number of hydrogen-bond donors (Lipinski definition) is 1. The lowest BCUT2D eigenvalue weighted by atomic mass is 10.1. The minimum Gasteiger partial charge on any atom is -0.478 e. The first-order valence-corrected chi connectivity index (χ1v) is 10.2. The second-order valence-corrected chi connectivity index (χ2v) is 7.39. The number of rotatable bonds is 7. The third kappa shape index (κ3) is 4.67. The van der Waals surface area contributed by atoms with Crippen LogP contribution in [0.25, 0.3) is 22.8 Å². The molecule has 0 aliphatic rings. The van der Waals surface area contributed by atoms with E-state index in [2.05, 4.69) is 25.6 Å². The molecule has 0 amide bonds. The van der Waals surface area contributed by atoms with E-state index >= 15 is 0 Å². The van der Waals surface area contributed by atoms with E-state index in [4.69, 9.17) is 9.52 Å². The van der Waals surface area contributed by atoms with Gasteiger partial charge in [0.2, 0.25) is 17.6 Å². The number of tetrazole rings is 1. The summed E-state index contributed by atoms with van der Waals surface area (Å²) in [5, 5.41) is 30.0. The molecule has 2 aromatic heterocycles. The highest BCUT2D eigenvalue weighted by atomic mass is 16.4. The van der Waals surface area contributed by atoms with Crippen LogP contribution in [0.3, 0.4) is 0 Å². The van der Waals surface area contributed by atoms with Gasteiger partial charge in [-0.2, -0.15) is 4.80 Å². The fraction of sp³-hybridized carbons (Fsp3) is 0.0833. The molecular formula is C24H18N6O3. The second-order valence-electron chi connectivity index (χ2n) is 7.39. The SMILES string of the molecule is O=C(O)c1ccc(Cn2nnc(-c3cccc(-c4nnc(Cc5ccccc5)o4)c3)n2)cc1. The van der Waals surface area contributed by atoms with Gasteiger partial charge >= 0.3 is 5.97 Å². The molecule has 5 rings (SSSR count). The van der Waals surface area contributed by atoms with Crippen molar-refractivity contribution >= 4 is 5.97 Å². The topological polar surface area (TPSA) is 120 Å². The van der Waals surface area contributed by atoms with Gasteiger partial charge in [0, 0.05) is 11.1 Å². The van der Waals surface area contributed by atoms with Crippen LogP contribution >= 0.6 is 0 Å². The zero-order chi connectivity index (χ0) is 22.6. The monoisotopic (exact) mass is 438 g/mol. The van der Waals surface area contributed by atoms with Crippen LogP contribution in [0.4, 0.5) is 0 Å². The van der Waals surface area contributed by atoms with Gasteiger partial charge < -0.3 is 9.52 Å². The fourth-order valence-corrected chi connectivity index (χ4v) is 3.35. The molecule has 0 aliphatic heterocycles. The van der Waals surface area contributed by atoms with E-state index in [9.17, 15) is 4.79 Å². The molecule has 9 heteroatoms. The van der Waals surface area contributed by atoms with E-state index in [-0.39, 0.29) is 5.56 Å². The normalized spacial score (nSPS) is 10.9. The molecule has 2 heterocycles. The van der Waals surface area contributed by atoms with Crippen molar-refractivity contribution in [2.75, 3.05) is 0 Å². The highest BCUT2D eigenvalue weighted by molar-refractivity contribution is 5.87. The van der Waals surface area contributed by atoms with Crippen LogP contribution in [0.1, 0.15) is 27.4 Å². The minimum absolute atomic E-state index is 0.232. The van der Waals surface area contributed by atoms with Crippen molar-refractivity contribution in [1.82, 2.24) is 30.4 Å². The van der Waals surface area contributed by atoms with Gasteiger partial charge in [0.15, 0.2) is 0 Å². The van der Waals surface area contributed by atoms with Crippen LogP contribution in [-0.4, -0.2) is 41.5 Å². The van der Waals surface area contributed by atoms with Crippen LogP contribution in [0.2, 0.25) is 0 Å². The molecule has 0 spiro atoms. The van der Waals surface area contributed by atoms with Crippen molar-refractivity contribution in [3.63, 3.8) is 0 Å². The predicted molar refractivity (Wildman–Crippen MR) is 118 cm³/mol. The first-order valence-electron chi connectivity index (χ1n) is 10.2. The number of hydrogen-bond acceptors (Lipinski definition) is 7. The number of benzene rings is 3. The number of carboxylic acids is 1. The van der Waals surface area contributed by atoms with Gasteiger partial charge in [-0.25, -0.2) is 4.79 Å².